The Morgan fingerprint density at radius 3 is 2.42 bits per heavy atom. The number of likely N-dealkylation sites (tertiary alicyclic amines) is 1. The van der Waals surface area contributed by atoms with E-state index in [0.717, 1.165) is 37.9 Å². The van der Waals surface area contributed by atoms with Gasteiger partial charge in [0.2, 0.25) is 0 Å². The quantitative estimate of drug-likeness (QED) is 0.463. The Morgan fingerprint density at radius 1 is 1.15 bits per heavy atom. The van der Waals surface area contributed by atoms with E-state index in [9.17, 15) is 14.0 Å². The van der Waals surface area contributed by atoms with E-state index in [-0.39, 0.29) is 18.2 Å². The summed E-state index contributed by atoms with van der Waals surface area (Å²) in [6, 6.07) is 10.9. The van der Waals surface area contributed by atoms with Crippen LogP contribution in [0.1, 0.15) is 31.7 Å². The van der Waals surface area contributed by atoms with Crippen molar-refractivity contribution in [2.75, 3.05) is 13.1 Å². The van der Waals surface area contributed by atoms with Crippen molar-refractivity contribution >= 4 is 23.3 Å². The maximum Gasteiger partial charge on any atom is 0.336 e. The number of carbonyl (C=O) groups is 2. The number of ether oxygens (including phenoxy) is 1. The fourth-order valence-electron chi connectivity index (χ4n) is 3.96. The van der Waals surface area contributed by atoms with Gasteiger partial charge in [-0.2, -0.15) is 0 Å². The maximum atomic E-state index is 13.4. The molecule has 3 aromatic rings. The van der Waals surface area contributed by atoms with Crippen molar-refractivity contribution < 1.29 is 28.2 Å². The average molecular weight is 455 g/mol. The molecule has 1 amide bonds. The third kappa shape index (κ3) is 5.77. The van der Waals surface area contributed by atoms with Gasteiger partial charge in [-0.3, -0.25) is 9.59 Å². The van der Waals surface area contributed by atoms with Crippen molar-refractivity contribution in [3.8, 4) is 16.9 Å². The normalized spacial score (nSPS) is 14.2. The number of rotatable bonds is 4. The fourth-order valence-corrected chi connectivity index (χ4v) is 3.96. The first-order chi connectivity index (χ1) is 15.8. The highest BCUT2D eigenvalue weighted by Gasteiger charge is 2.25. The van der Waals surface area contributed by atoms with E-state index in [4.69, 9.17) is 19.1 Å². The van der Waals surface area contributed by atoms with Gasteiger partial charge in [0.05, 0.1) is 5.39 Å². The second-order valence-electron chi connectivity index (χ2n) is 7.87. The zero-order valence-electron chi connectivity index (χ0n) is 18.5. The number of nitrogens with zero attached hydrogens (tertiary/aromatic N) is 1. The summed E-state index contributed by atoms with van der Waals surface area (Å²) >= 11 is 0. The van der Waals surface area contributed by atoms with Gasteiger partial charge in [0.15, 0.2) is 6.10 Å². The molecule has 1 atom stereocenters. The van der Waals surface area contributed by atoms with Crippen molar-refractivity contribution in [1.29, 1.82) is 0 Å². The van der Waals surface area contributed by atoms with Crippen molar-refractivity contribution in [2.24, 2.45) is 0 Å². The summed E-state index contributed by atoms with van der Waals surface area (Å²) in [7, 11) is 0. The summed E-state index contributed by atoms with van der Waals surface area (Å²) in [5.41, 5.74) is 1.95. The first kappa shape index (κ1) is 24.0. The molecule has 1 aromatic heterocycles. The van der Waals surface area contributed by atoms with Crippen LogP contribution in [-0.2, 0) is 9.59 Å². The Morgan fingerprint density at radius 2 is 1.79 bits per heavy atom. The van der Waals surface area contributed by atoms with Crippen molar-refractivity contribution in [3.05, 3.63) is 64.3 Å². The molecule has 2 heterocycles. The van der Waals surface area contributed by atoms with Gasteiger partial charge in [0.25, 0.3) is 12.4 Å². The highest BCUT2D eigenvalue weighted by molar-refractivity contribution is 5.98. The number of benzene rings is 2. The molecule has 0 bridgehead atoms. The number of piperidine rings is 1. The number of halogens is 1. The summed E-state index contributed by atoms with van der Waals surface area (Å²) in [6.45, 7) is 4.85. The topological polar surface area (TPSA) is 97.0 Å². The van der Waals surface area contributed by atoms with E-state index in [1.165, 1.54) is 18.2 Å². The molecule has 7 nitrogen and oxygen atoms in total. The minimum absolute atomic E-state index is 0.0509. The molecule has 33 heavy (non-hydrogen) atoms. The van der Waals surface area contributed by atoms with Crippen LogP contribution in [0.5, 0.6) is 5.75 Å². The molecule has 8 heteroatoms. The van der Waals surface area contributed by atoms with Gasteiger partial charge in [0, 0.05) is 24.7 Å². The summed E-state index contributed by atoms with van der Waals surface area (Å²) in [6.07, 6.45) is 2.47. The standard InChI is InChI=1S/C24H24FNO4.CH2O2/c1-15-12-20(29-16(2)24(28)26-10-4-3-5-11-26)23-19(14-22(27)30-21(23)13-15)17-6-8-18(25)9-7-17;2-1-3/h6-9,12-14,16H,3-5,10-11H2,1-2H3;1H,(H,2,3). The molecule has 1 N–H and O–H groups in total. The Labute approximate surface area is 190 Å². The molecule has 0 radical (unpaired) electrons. The van der Waals surface area contributed by atoms with E-state index in [1.54, 1.807) is 25.1 Å². The molecule has 0 saturated carbocycles. The highest BCUT2D eigenvalue weighted by atomic mass is 19.1. The monoisotopic (exact) mass is 455 g/mol. The van der Waals surface area contributed by atoms with Gasteiger partial charge in [-0.25, -0.2) is 9.18 Å². The molecule has 1 aliphatic rings. The fraction of sp³-hybridized carbons (Fsp3) is 0.320. The lowest BCUT2D eigenvalue weighted by atomic mass is 10.00. The minimum atomic E-state index is -0.680. The van der Waals surface area contributed by atoms with Crippen molar-refractivity contribution in [2.45, 2.75) is 39.2 Å². The second-order valence-corrected chi connectivity index (χ2v) is 7.87. The van der Waals surface area contributed by atoms with E-state index >= 15 is 0 Å². The predicted octanol–water partition coefficient (Wildman–Crippen LogP) is 4.39. The molecular weight excluding hydrogens is 429 g/mol. The van der Waals surface area contributed by atoms with Gasteiger partial charge >= 0.3 is 5.63 Å². The van der Waals surface area contributed by atoms with Crippen LogP contribution in [0.15, 0.2) is 51.7 Å². The minimum Gasteiger partial charge on any atom is -0.483 e. The van der Waals surface area contributed by atoms with Gasteiger partial charge in [-0.05, 0) is 68.5 Å². The first-order valence-corrected chi connectivity index (χ1v) is 10.7. The lowest BCUT2D eigenvalue weighted by molar-refractivity contribution is -0.138. The molecule has 1 aliphatic heterocycles. The number of amides is 1. The summed E-state index contributed by atoms with van der Waals surface area (Å²) in [5, 5.41) is 7.48. The molecule has 0 spiro atoms. The molecule has 174 valence electrons. The molecule has 1 fully saturated rings. The molecular formula is C25H26FNO6. The van der Waals surface area contributed by atoms with E-state index < -0.39 is 11.7 Å². The molecule has 0 aliphatic carbocycles. The lowest BCUT2D eigenvalue weighted by Crippen LogP contribution is -2.43. The van der Waals surface area contributed by atoms with Crippen LogP contribution < -0.4 is 10.4 Å². The van der Waals surface area contributed by atoms with Gasteiger partial charge in [-0.15, -0.1) is 0 Å². The molecule has 1 unspecified atom stereocenters. The Hall–Kier alpha value is -3.68. The van der Waals surface area contributed by atoms with E-state index in [2.05, 4.69) is 0 Å². The number of carboxylic acid groups (broad SMARTS) is 1. The van der Waals surface area contributed by atoms with Crippen molar-refractivity contribution in [3.63, 3.8) is 0 Å². The Kier molecular flexibility index (Phi) is 7.82. The third-order valence-electron chi connectivity index (χ3n) is 5.43. The van der Waals surface area contributed by atoms with Crippen LogP contribution >= 0.6 is 0 Å². The van der Waals surface area contributed by atoms with Crippen LogP contribution in [-0.4, -0.2) is 41.6 Å². The number of fused-ring (bicyclic) bond motifs is 1. The van der Waals surface area contributed by atoms with Crippen molar-refractivity contribution in [1.82, 2.24) is 4.90 Å². The first-order valence-electron chi connectivity index (χ1n) is 10.7. The largest absolute Gasteiger partial charge is 0.483 e. The predicted molar refractivity (Wildman–Crippen MR) is 122 cm³/mol. The highest BCUT2D eigenvalue weighted by Crippen LogP contribution is 2.36. The number of hydrogen-bond donors (Lipinski definition) is 1. The Bertz CT molecular complexity index is 1180. The van der Waals surface area contributed by atoms with Gasteiger partial charge in [-0.1, -0.05) is 12.1 Å². The number of carbonyl (C=O) groups excluding carboxylic acids is 1. The van der Waals surface area contributed by atoms with Gasteiger partial charge < -0.3 is 19.2 Å². The van der Waals surface area contributed by atoms with Crippen LogP contribution in [0.4, 0.5) is 4.39 Å². The smallest absolute Gasteiger partial charge is 0.336 e. The zero-order valence-corrected chi connectivity index (χ0v) is 18.5. The molecule has 2 aromatic carbocycles. The SMILES string of the molecule is Cc1cc(OC(C)C(=O)N2CCCCC2)c2c(-c3ccc(F)cc3)cc(=O)oc2c1.O=CO. The summed E-state index contributed by atoms with van der Waals surface area (Å²) < 4.78 is 25.0. The molecule has 1 saturated heterocycles. The van der Waals surface area contributed by atoms with E-state index in [1.807, 2.05) is 17.9 Å². The molecule has 4 rings (SSSR count). The zero-order chi connectivity index (χ0) is 24.0. The number of aryl methyl sites for hydroxylation is 1. The second kappa shape index (κ2) is 10.8. The maximum absolute atomic E-state index is 13.4. The van der Waals surface area contributed by atoms with E-state index in [0.29, 0.717) is 27.8 Å². The van der Waals surface area contributed by atoms with Crippen LogP contribution in [0.25, 0.3) is 22.1 Å². The summed E-state index contributed by atoms with van der Waals surface area (Å²) in [5.74, 6) is 0.0510. The van der Waals surface area contributed by atoms with Crippen LogP contribution in [0.2, 0.25) is 0 Å². The average Bonchev–Trinajstić information content (AvgIpc) is 2.79. The van der Waals surface area contributed by atoms with Crippen LogP contribution in [0.3, 0.4) is 0 Å². The number of hydrogen-bond acceptors (Lipinski definition) is 5. The van der Waals surface area contributed by atoms with Gasteiger partial charge in [0.1, 0.15) is 17.1 Å². The third-order valence-corrected chi connectivity index (χ3v) is 5.43. The summed E-state index contributed by atoms with van der Waals surface area (Å²) in [4.78, 5) is 35.2. The lowest BCUT2D eigenvalue weighted by Gasteiger charge is -2.29. The van der Waals surface area contributed by atoms with Crippen LogP contribution in [0, 0.1) is 12.7 Å². The Balaban J connectivity index is 0.000000968.